The van der Waals surface area contributed by atoms with Gasteiger partial charge in [-0.25, -0.2) is 12.8 Å². The Balaban J connectivity index is 2.12. The molecule has 0 atom stereocenters. The fourth-order valence-corrected chi connectivity index (χ4v) is 4.10. The molecular weight excluding hydrogens is 333 g/mol. The van der Waals surface area contributed by atoms with Crippen LogP contribution >= 0.6 is 0 Å². The average Bonchev–Trinajstić information content (AvgIpc) is 2.56. The number of aryl methyl sites for hydroxylation is 1. The van der Waals surface area contributed by atoms with E-state index in [1.807, 2.05) is 0 Å². The highest BCUT2D eigenvalue weighted by Gasteiger charge is 2.31. The predicted octanol–water partition coefficient (Wildman–Crippen LogP) is 2.92. The second-order valence-electron chi connectivity index (χ2n) is 5.58. The number of anilines is 1. The maximum atomic E-state index is 13.4. The van der Waals surface area contributed by atoms with Crippen molar-refractivity contribution in [2.24, 2.45) is 0 Å². The lowest BCUT2D eigenvalue weighted by atomic mass is 10.1. The van der Waals surface area contributed by atoms with Crippen molar-refractivity contribution in [1.82, 2.24) is 0 Å². The quantitative estimate of drug-likeness (QED) is 0.799. The number of nitrogens with zero attached hydrogens (tertiary/aromatic N) is 1. The van der Waals surface area contributed by atoms with E-state index in [-0.39, 0.29) is 29.4 Å². The van der Waals surface area contributed by atoms with Gasteiger partial charge in [0.1, 0.15) is 18.2 Å². The summed E-state index contributed by atoms with van der Waals surface area (Å²) in [5.74, 6) is -0.234. The van der Waals surface area contributed by atoms with Crippen molar-refractivity contribution in [3.63, 3.8) is 0 Å². The fourth-order valence-electron chi connectivity index (χ4n) is 2.57. The minimum absolute atomic E-state index is 0.00229. The second kappa shape index (κ2) is 5.90. The summed E-state index contributed by atoms with van der Waals surface area (Å²) < 4.78 is 46.0. The molecule has 1 heterocycles. The van der Waals surface area contributed by atoms with E-state index >= 15 is 0 Å². The van der Waals surface area contributed by atoms with Crippen molar-refractivity contribution in [3.8, 4) is 5.75 Å². The number of sulfonamides is 1. The molecule has 2 aromatic carbocycles. The summed E-state index contributed by atoms with van der Waals surface area (Å²) in [7, 11) is -3.88. The summed E-state index contributed by atoms with van der Waals surface area (Å²) in [6, 6.07) is 8.36. The number of benzene rings is 2. The number of ether oxygens (including phenoxy) is 1. The van der Waals surface area contributed by atoms with Gasteiger partial charge in [0, 0.05) is 5.56 Å². The van der Waals surface area contributed by atoms with E-state index in [2.05, 4.69) is 0 Å². The molecular formula is C17H16FNO4S. The number of Topliss-reactive ketones (excluding diaryl/α,β-unsaturated/α-hetero) is 1. The van der Waals surface area contributed by atoms with Gasteiger partial charge >= 0.3 is 0 Å². The first-order valence-electron chi connectivity index (χ1n) is 7.37. The van der Waals surface area contributed by atoms with Crippen LogP contribution in [0, 0.1) is 12.7 Å². The van der Waals surface area contributed by atoms with Crippen LogP contribution in [-0.2, 0) is 10.0 Å². The number of rotatable bonds is 3. The minimum atomic E-state index is -3.88. The number of carbonyl (C=O) groups excluding carboxylic acids is 1. The van der Waals surface area contributed by atoms with Crippen LogP contribution in [0.15, 0.2) is 41.3 Å². The Morgan fingerprint density at radius 3 is 2.62 bits per heavy atom. The van der Waals surface area contributed by atoms with E-state index < -0.39 is 15.8 Å². The zero-order chi connectivity index (χ0) is 17.5. The Labute approximate surface area is 139 Å². The summed E-state index contributed by atoms with van der Waals surface area (Å²) in [6.45, 7) is 3.24. The normalized spacial score (nSPS) is 14.0. The number of carbonyl (C=O) groups is 1. The number of hydrogen-bond acceptors (Lipinski definition) is 4. The van der Waals surface area contributed by atoms with Crippen LogP contribution < -0.4 is 9.04 Å². The van der Waals surface area contributed by atoms with Gasteiger partial charge in [-0.15, -0.1) is 0 Å². The van der Waals surface area contributed by atoms with Crippen LogP contribution in [0.3, 0.4) is 0 Å². The molecule has 24 heavy (non-hydrogen) atoms. The third-order valence-electron chi connectivity index (χ3n) is 3.90. The van der Waals surface area contributed by atoms with E-state index in [1.54, 1.807) is 12.1 Å². The smallest absolute Gasteiger partial charge is 0.264 e. The molecule has 126 valence electrons. The summed E-state index contributed by atoms with van der Waals surface area (Å²) in [5.41, 5.74) is 0.965. The number of fused-ring (bicyclic) bond motifs is 1. The van der Waals surface area contributed by atoms with Gasteiger partial charge < -0.3 is 4.74 Å². The van der Waals surface area contributed by atoms with Crippen molar-refractivity contribution in [1.29, 1.82) is 0 Å². The largest absolute Gasteiger partial charge is 0.489 e. The van der Waals surface area contributed by atoms with E-state index in [0.29, 0.717) is 17.0 Å². The second-order valence-corrected chi connectivity index (χ2v) is 7.44. The molecule has 0 bridgehead atoms. The lowest BCUT2D eigenvalue weighted by molar-refractivity contribution is 0.101. The summed E-state index contributed by atoms with van der Waals surface area (Å²) in [4.78, 5) is 11.6. The molecule has 7 heteroatoms. The van der Waals surface area contributed by atoms with Gasteiger partial charge in [-0.2, -0.15) is 0 Å². The maximum absolute atomic E-state index is 13.4. The van der Waals surface area contributed by atoms with Crippen LogP contribution in [-0.4, -0.2) is 27.4 Å². The first-order valence-corrected chi connectivity index (χ1v) is 8.81. The lowest BCUT2D eigenvalue weighted by Crippen LogP contribution is -2.38. The zero-order valence-electron chi connectivity index (χ0n) is 13.2. The predicted molar refractivity (Wildman–Crippen MR) is 87.6 cm³/mol. The van der Waals surface area contributed by atoms with Gasteiger partial charge in [-0.05, 0) is 55.8 Å². The molecule has 0 fully saturated rings. The highest BCUT2D eigenvalue weighted by molar-refractivity contribution is 7.92. The molecule has 5 nitrogen and oxygen atoms in total. The first-order chi connectivity index (χ1) is 11.3. The minimum Gasteiger partial charge on any atom is -0.489 e. The summed E-state index contributed by atoms with van der Waals surface area (Å²) in [6.07, 6.45) is 0. The van der Waals surface area contributed by atoms with Crippen LogP contribution in [0.25, 0.3) is 0 Å². The molecule has 0 unspecified atom stereocenters. The van der Waals surface area contributed by atoms with Gasteiger partial charge in [0.25, 0.3) is 10.0 Å². The van der Waals surface area contributed by atoms with Crippen molar-refractivity contribution < 1.29 is 22.3 Å². The molecule has 0 amide bonds. The van der Waals surface area contributed by atoms with Crippen LogP contribution in [0.2, 0.25) is 0 Å². The van der Waals surface area contributed by atoms with Gasteiger partial charge in [-0.1, -0.05) is 0 Å². The first kappa shape index (κ1) is 16.4. The van der Waals surface area contributed by atoms with Gasteiger partial charge in [0.05, 0.1) is 17.1 Å². The molecule has 3 rings (SSSR count). The van der Waals surface area contributed by atoms with E-state index in [9.17, 15) is 17.6 Å². The molecule has 0 saturated heterocycles. The van der Waals surface area contributed by atoms with Crippen LogP contribution in [0.5, 0.6) is 5.75 Å². The SMILES string of the molecule is CC(=O)c1ccc2c(c1)N(S(=O)(=O)c1ccc(F)c(C)c1)CCO2. The Hall–Kier alpha value is -2.41. The maximum Gasteiger partial charge on any atom is 0.264 e. The Kier molecular flexibility index (Phi) is 4.04. The molecule has 0 spiro atoms. The Morgan fingerprint density at radius 1 is 1.21 bits per heavy atom. The average molecular weight is 349 g/mol. The third-order valence-corrected chi connectivity index (χ3v) is 5.71. The molecule has 2 aromatic rings. The van der Waals surface area contributed by atoms with Crippen molar-refractivity contribution >= 4 is 21.5 Å². The van der Waals surface area contributed by atoms with Gasteiger partial charge in [0.15, 0.2) is 5.78 Å². The summed E-state index contributed by atoms with van der Waals surface area (Å²) >= 11 is 0. The molecule has 0 radical (unpaired) electrons. The standard InChI is InChI=1S/C17H16FNO4S/c1-11-9-14(4-5-15(11)18)24(21,22)19-7-8-23-17-6-3-13(12(2)20)10-16(17)19/h3-6,9-10H,7-8H2,1-2H3. The van der Waals surface area contributed by atoms with E-state index in [0.717, 1.165) is 6.07 Å². The van der Waals surface area contributed by atoms with Crippen LogP contribution in [0.4, 0.5) is 10.1 Å². The lowest BCUT2D eigenvalue weighted by Gasteiger charge is -2.30. The summed E-state index contributed by atoms with van der Waals surface area (Å²) in [5, 5.41) is 0. The van der Waals surface area contributed by atoms with E-state index in [1.165, 1.54) is 36.4 Å². The molecule has 0 saturated carbocycles. The van der Waals surface area contributed by atoms with Gasteiger partial charge in [0.2, 0.25) is 0 Å². The van der Waals surface area contributed by atoms with E-state index in [4.69, 9.17) is 4.74 Å². The Bertz CT molecular complexity index is 924. The molecule has 1 aliphatic rings. The topological polar surface area (TPSA) is 63.7 Å². The molecule has 0 N–H and O–H groups in total. The fraction of sp³-hybridized carbons (Fsp3) is 0.235. The monoisotopic (exact) mass is 349 g/mol. The van der Waals surface area contributed by atoms with Crippen molar-refractivity contribution in [3.05, 3.63) is 53.3 Å². The highest BCUT2D eigenvalue weighted by Crippen LogP contribution is 2.36. The van der Waals surface area contributed by atoms with Crippen molar-refractivity contribution in [2.45, 2.75) is 18.7 Å². The number of ketones is 1. The molecule has 0 aromatic heterocycles. The molecule has 1 aliphatic heterocycles. The zero-order valence-corrected chi connectivity index (χ0v) is 14.1. The van der Waals surface area contributed by atoms with Gasteiger partial charge in [-0.3, -0.25) is 9.10 Å². The highest BCUT2D eigenvalue weighted by atomic mass is 32.2. The number of hydrogen-bond donors (Lipinski definition) is 0. The number of halogens is 1. The third kappa shape index (κ3) is 2.75. The van der Waals surface area contributed by atoms with Crippen molar-refractivity contribution in [2.75, 3.05) is 17.5 Å². The van der Waals surface area contributed by atoms with Crippen LogP contribution in [0.1, 0.15) is 22.8 Å². The molecule has 0 aliphatic carbocycles. The Morgan fingerprint density at radius 2 is 1.96 bits per heavy atom.